The molecular formula is C9H7NO3. The molecule has 13 heavy (non-hydrogen) atoms. The number of rotatable bonds is 0. The maximum Gasteiger partial charge on any atom is 0.337 e. The molecule has 0 saturated heterocycles. The highest BCUT2D eigenvalue weighted by Gasteiger charge is 2.03. The molecule has 4 nitrogen and oxygen atoms in total. The maximum atomic E-state index is 10.9. The summed E-state index contributed by atoms with van der Waals surface area (Å²) in [6.45, 7) is 1.79. The predicted octanol–water partition coefficient (Wildman–Crippen LogP) is 1.20. The summed E-state index contributed by atoms with van der Waals surface area (Å²) in [7, 11) is 0. The van der Waals surface area contributed by atoms with Crippen LogP contribution in [0.5, 0.6) is 5.88 Å². The van der Waals surface area contributed by atoms with E-state index in [-0.39, 0.29) is 11.6 Å². The van der Waals surface area contributed by atoms with Crippen LogP contribution in [0.25, 0.3) is 11.1 Å². The van der Waals surface area contributed by atoms with Crippen LogP contribution in [0, 0.1) is 6.92 Å². The van der Waals surface area contributed by atoms with Gasteiger partial charge in [-0.3, -0.25) is 0 Å². The lowest BCUT2D eigenvalue weighted by molar-refractivity contribution is 0.448. The summed E-state index contributed by atoms with van der Waals surface area (Å²) >= 11 is 0. The summed E-state index contributed by atoms with van der Waals surface area (Å²) in [5, 5.41) is 9.77. The molecule has 0 aromatic carbocycles. The fourth-order valence-electron chi connectivity index (χ4n) is 1.19. The summed E-state index contributed by atoms with van der Waals surface area (Å²) in [5.41, 5.74) is 0.506. The summed E-state index contributed by atoms with van der Waals surface area (Å²) in [6.07, 6.45) is 0. The molecule has 2 aromatic rings. The second kappa shape index (κ2) is 2.58. The number of hydrogen-bond acceptors (Lipinski definition) is 4. The van der Waals surface area contributed by atoms with E-state index in [1.165, 1.54) is 12.1 Å². The van der Waals surface area contributed by atoms with Gasteiger partial charge in [0.25, 0.3) is 0 Å². The SMILES string of the molecule is Cc1cc(=O)oc2nc(O)ccc12. The van der Waals surface area contributed by atoms with E-state index < -0.39 is 5.63 Å². The van der Waals surface area contributed by atoms with E-state index in [4.69, 9.17) is 9.52 Å². The van der Waals surface area contributed by atoms with Crippen molar-refractivity contribution in [3.05, 3.63) is 34.2 Å². The Morgan fingerprint density at radius 3 is 3.00 bits per heavy atom. The molecule has 0 aliphatic rings. The fourth-order valence-corrected chi connectivity index (χ4v) is 1.19. The van der Waals surface area contributed by atoms with E-state index >= 15 is 0 Å². The standard InChI is InChI=1S/C9H7NO3/c1-5-4-8(12)13-9-6(5)2-3-7(11)10-9/h2-4H,1H3,(H,10,11). The first kappa shape index (κ1) is 7.79. The summed E-state index contributed by atoms with van der Waals surface area (Å²) in [4.78, 5) is 14.6. The number of aromatic hydroxyl groups is 1. The van der Waals surface area contributed by atoms with Crippen molar-refractivity contribution < 1.29 is 9.52 Å². The summed E-state index contributed by atoms with van der Waals surface area (Å²) < 4.78 is 4.80. The smallest absolute Gasteiger partial charge is 0.337 e. The van der Waals surface area contributed by atoms with E-state index in [1.807, 2.05) is 0 Å². The average molecular weight is 177 g/mol. The molecule has 0 amide bonds. The molecule has 66 valence electrons. The van der Waals surface area contributed by atoms with Crippen LogP contribution in [0.3, 0.4) is 0 Å². The third-order valence-corrected chi connectivity index (χ3v) is 1.80. The molecule has 4 heteroatoms. The Kier molecular flexibility index (Phi) is 1.55. The van der Waals surface area contributed by atoms with Crippen LogP contribution in [0.4, 0.5) is 0 Å². The molecule has 0 bridgehead atoms. The van der Waals surface area contributed by atoms with Crippen LogP contribution < -0.4 is 5.63 Å². The Morgan fingerprint density at radius 1 is 1.46 bits per heavy atom. The van der Waals surface area contributed by atoms with E-state index in [0.29, 0.717) is 0 Å². The molecule has 0 aliphatic carbocycles. The number of aromatic nitrogens is 1. The van der Waals surface area contributed by atoms with E-state index in [0.717, 1.165) is 10.9 Å². The van der Waals surface area contributed by atoms with Crippen molar-refractivity contribution in [3.63, 3.8) is 0 Å². The third kappa shape index (κ3) is 1.26. The maximum absolute atomic E-state index is 10.9. The number of hydrogen-bond donors (Lipinski definition) is 1. The lowest BCUT2D eigenvalue weighted by Crippen LogP contribution is -1.98. The predicted molar refractivity (Wildman–Crippen MR) is 46.7 cm³/mol. The second-order valence-electron chi connectivity index (χ2n) is 2.77. The van der Waals surface area contributed by atoms with E-state index in [9.17, 15) is 4.79 Å². The summed E-state index contributed by atoms with van der Waals surface area (Å²) in [5.74, 6) is -0.152. The van der Waals surface area contributed by atoms with Gasteiger partial charge in [0, 0.05) is 17.5 Å². The van der Waals surface area contributed by atoms with Gasteiger partial charge in [-0.15, -0.1) is 0 Å². The largest absolute Gasteiger partial charge is 0.493 e. The highest BCUT2D eigenvalue weighted by molar-refractivity contribution is 5.76. The van der Waals surface area contributed by atoms with E-state index in [1.54, 1.807) is 13.0 Å². The van der Waals surface area contributed by atoms with Gasteiger partial charge in [0.1, 0.15) is 0 Å². The average Bonchev–Trinajstić information content (AvgIpc) is 2.02. The normalized spacial score (nSPS) is 10.5. The van der Waals surface area contributed by atoms with Gasteiger partial charge in [-0.25, -0.2) is 4.79 Å². The van der Waals surface area contributed by atoms with Crippen LogP contribution >= 0.6 is 0 Å². The molecule has 2 aromatic heterocycles. The minimum atomic E-state index is -0.455. The topological polar surface area (TPSA) is 63.3 Å². The van der Waals surface area contributed by atoms with Crippen LogP contribution in [0.1, 0.15) is 5.56 Å². The fraction of sp³-hybridized carbons (Fsp3) is 0.111. The molecule has 0 radical (unpaired) electrons. The molecule has 0 fully saturated rings. The first-order chi connectivity index (χ1) is 6.16. The minimum absolute atomic E-state index is 0.152. The zero-order valence-electron chi connectivity index (χ0n) is 6.94. The lowest BCUT2D eigenvalue weighted by atomic mass is 10.2. The van der Waals surface area contributed by atoms with Crippen molar-refractivity contribution in [2.75, 3.05) is 0 Å². The minimum Gasteiger partial charge on any atom is -0.493 e. The molecule has 0 unspecified atom stereocenters. The molecule has 0 saturated carbocycles. The Labute approximate surface area is 73.5 Å². The molecule has 0 atom stereocenters. The lowest BCUT2D eigenvalue weighted by Gasteiger charge is -1.98. The highest BCUT2D eigenvalue weighted by Crippen LogP contribution is 2.16. The van der Waals surface area contributed by atoms with Crippen LogP contribution in [0.2, 0.25) is 0 Å². The molecule has 2 heterocycles. The van der Waals surface area contributed by atoms with Gasteiger partial charge in [-0.2, -0.15) is 4.98 Å². The van der Waals surface area contributed by atoms with Crippen molar-refractivity contribution in [1.82, 2.24) is 4.98 Å². The molecule has 2 rings (SSSR count). The van der Waals surface area contributed by atoms with Crippen LogP contribution in [0.15, 0.2) is 27.4 Å². The van der Waals surface area contributed by atoms with Gasteiger partial charge in [0.05, 0.1) is 0 Å². The van der Waals surface area contributed by atoms with Gasteiger partial charge < -0.3 is 9.52 Å². The molecular weight excluding hydrogens is 170 g/mol. The van der Waals surface area contributed by atoms with Crippen LogP contribution in [-0.2, 0) is 0 Å². The third-order valence-electron chi connectivity index (χ3n) is 1.80. The number of pyridine rings is 1. The van der Waals surface area contributed by atoms with Crippen molar-refractivity contribution in [2.24, 2.45) is 0 Å². The number of fused-ring (bicyclic) bond motifs is 1. The zero-order chi connectivity index (χ0) is 9.42. The molecule has 1 N–H and O–H groups in total. The monoisotopic (exact) mass is 177 g/mol. The van der Waals surface area contributed by atoms with Gasteiger partial charge in [0.15, 0.2) is 0 Å². The van der Waals surface area contributed by atoms with Crippen LogP contribution in [-0.4, -0.2) is 10.1 Å². The Hall–Kier alpha value is -1.84. The quantitative estimate of drug-likeness (QED) is 0.656. The number of aryl methyl sites for hydroxylation is 1. The van der Waals surface area contributed by atoms with Crippen molar-refractivity contribution in [2.45, 2.75) is 6.92 Å². The highest BCUT2D eigenvalue weighted by atomic mass is 16.4. The van der Waals surface area contributed by atoms with Crippen molar-refractivity contribution in [3.8, 4) is 5.88 Å². The Morgan fingerprint density at radius 2 is 2.23 bits per heavy atom. The van der Waals surface area contributed by atoms with Crippen molar-refractivity contribution >= 4 is 11.1 Å². The first-order valence-corrected chi connectivity index (χ1v) is 3.77. The second-order valence-corrected chi connectivity index (χ2v) is 2.77. The number of nitrogens with zero attached hydrogens (tertiary/aromatic N) is 1. The van der Waals surface area contributed by atoms with E-state index in [2.05, 4.69) is 4.98 Å². The summed E-state index contributed by atoms with van der Waals surface area (Å²) in [6, 6.07) is 4.51. The van der Waals surface area contributed by atoms with Gasteiger partial charge in [-0.1, -0.05) is 0 Å². The van der Waals surface area contributed by atoms with Gasteiger partial charge in [0.2, 0.25) is 11.6 Å². The Bertz CT molecular complexity index is 516. The molecule has 0 aliphatic heterocycles. The van der Waals surface area contributed by atoms with Gasteiger partial charge >= 0.3 is 5.63 Å². The Balaban J connectivity index is 2.94. The van der Waals surface area contributed by atoms with Gasteiger partial charge in [-0.05, 0) is 18.6 Å². The van der Waals surface area contributed by atoms with Crippen molar-refractivity contribution in [1.29, 1.82) is 0 Å². The molecule has 0 spiro atoms. The first-order valence-electron chi connectivity index (χ1n) is 3.77. The zero-order valence-corrected chi connectivity index (χ0v) is 6.94.